The Balaban J connectivity index is 1.42. The molecule has 2 aromatic rings. The smallest absolute Gasteiger partial charge is 0.258 e. The minimum atomic E-state index is -0.427. The first-order chi connectivity index (χ1) is 16.0. The van der Waals surface area contributed by atoms with E-state index in [0.717, 1.165) is 39.0 Å². The van der Waals surface area contributed by atoms with Crippen molar-refractivity contribution in [2.75, 3.05) is 39.8 Å². The molecule has 0 saturated carbocycles. The molecule has 2 aliphatic rings. The molecule has 0 aromatic heterocycles. The van der Waals surface area contributed by atoms with Crippen LogP contribution in [0.5, 0.6) is 5.75 Å². The van der Waals surface area contributed by atoms with Crippen LogP contribution in [0.3, 0.4) is 0 Å². The van der Waals surface area contributed by atoms with E-state index in [9.17, 15) is 9.59 Å². The van der Waals surface area contributed by atoms with Crippen molar-refractivity contribution in [2.45, 2.75) is 38.8 Å². The molecule has 0 radical (unpaired) electrons. The Bertz CT molecular complexity index is 1010. The molecule has 4 rings (SSSR count). The topological polar surface area (TPSA) is 53.1 Å². The van der Waals surface area contributed by atoms with Gasteiger partial charge in [0.1, 0.15) is 11.8 Å². The summed E-state index contributed by atoms with van der Waals surface area (Å²) < 4.78 is 5.37. The number of nitrogens with zero attached hydrogens (tertiary/aromatic N) is 3. The van der Waals surface area contributed by atoms with Gasteiger partial charge in [0.2, 0.25) is 5.91 Å². The summed E-state index contributed by atoms with van der Waals surface area (Å²) in [6.45, 7) is 6.82. The minimum Gasteiger partial charge on any atom is -0.496 e. The fourth-order valence-electron chi connectivity index (χ4n) is 4.86. The summed E-state index contributed by atoms with van der Waals surface area (Å²) in [5.41, 5.74) is 3.04. The molecule has 2 aliphatic heterocycles. The third-order valence-corrected chi connectivity index (χ3v) is 6.98. The summed E-state index contributed by atoms with van der Waals surface area (Å²) in [6, 6.07) is 13.1. The zero-order valence-corrected chi connectivity index (χ0v) is 20.2. The van der Waals surface area contributed by atoms with Crippen molar-refractivity contribution < 1.29 is 14.3 Å². The predicted molar refractivity (Wildman–Crippen MR) is 130 cm³/mol. The minimum absolute atomic E-state index is 0.0552. The average molecular weight is 470 g/mol. The maximum Gasteiger partial charge on any atom is 0.258 e. The molecule has 0 spiro atoms. The monoisotopic (exact) mass is 469 g/mol. The number of rotatable bonds is 5. The van der Waals surface area contributed by atoms with Gasteiger partial charge in [-0.25, -0.2) is 0 Å². The van der Waals surface area contributed by atoms with Gasteiger partial charge in [-0.2, -0.15) is 0 Å². The van der Waals surface area contributed by atoms with E-state index in [1.54, 1.807) is 23.1 Å². The lowest BCUT2D eigenvalue weighted by molar-refractivity contribution is -0.135. The van der Waals surface area contributed by atoms with E-state index >= 15 is 0 Å². The van der Waals surface area contributed by atoms with Gasteiger partial charge in [0.15, 0.2) is 0 Å². The molecular weight excluding hydrogens is 438 g/mol. The summed E-state index contributed by atoms with van der Waals surface area (Å²) in [7, 11) is 1.53. The van der Waals surface area contributed by atoms with Crippen molar-refractivity contribution in [2.24, 2.45) is 0 Å². The second-order valence-corrected chi connectivity index (χ2v) is 9.32. The molecule has 6 nitrogen and oxygen atoms in total. The van der Waals surface area contributed by atoms with Crippen LogP contribution in [-0.4, -0.2) is 72.4 Å². The number of benzene rings is 2. The van der Waals surface area contributed by atoms with E-state index < -0.39 is 6.04 Å². The first kappa shape index (κ1) is 23.6. The lowest BCUT2D eigenvalue weighted by Crippen LogP contribution is -2.48. The van der Waals surface area contributed by atoms with Crippen LogP contribution >= 0.6 is 11.6 Å². The zero-order valence-electron chi connectivity index (χ0n) is 19.4. The summed E-state index contributed by atoms with van der Waals surface area (Å²) in [5.74, 6) is 0.338. The number of hydrogen-bond acceptors (Lipinski definition) is 4. The Labute approximate surface area is 201 Å². The molecule has 33 heavy (non-hydrogen) atoms. The highest BCUT2D eigenvalue weighted by Crippen LogP contribution is 2.28. The van der Waals surface area contributed by atoms with E-state index in [2.05, 4.69) is 36.1 Å². The van der Waals surface area contributed by atoms with Crippen molar-refractivity contribution in [3.63, 3.8) is 0 Å². The fourth-order valence-corrected chi connectivity index (χ4v) is 5.03. The normalized spacial score (nSPS) is 19.4. The molecule has 176 valence electrons. The fraction of sp³-hybridized carbons (Fsp3) is 0.462. The quantitative estimate of drug-likeness (QED) is 0.664. The van der Waals surface area contributed by atoms with Crippen molar-refractivity contribution in [3.8, 4) is 5.75 Å². The Morgan fingerprint density at radius 3 is 2.64 bits per heavy atom. The molecule has 1 unspecified atom stereocenters. The Morgan fingerprint density at radius 1 is 1.03 bits per heavy atom. The van der Waals surface area contributed by atoms with Crippen LogP contribution < -0.4 is 4.74 Å². The first-order valence-corrected chi connectivity index (χ1v) is 12.1. The maximum absolute atomic E-state index is 13.5. The predicted octanol–water partition coefficient (Wildman–Crippen LogP) is 4.00. The number of halogens is 1. The number of carbonyl (C=O) groups is 2. The highest BCUT2D eigenvalue weighted by molar-refractivity contribution is 6.31. The third kappa shape index (κ3) is 5.33. The van der Waals surface area contributed by atoms with Gasteiger partial charge >= 0.3 is 0 Å². The molecule has 0 N–H and O–H groups in total. The highest BCUT2D eigenvalue weighted by Gasteiger charge is 2.38. The van der Waals surface area contributed by atoms with E-state index in [1.165, 1.54) is 18.2 Å². The van der Waals surface area contributed by atoms with Gasteiger partial charge in [-0.1, -0.05) is 35.9 Å². The molecule has 2 aromatic carbocycles. The van der Waals surface area contributed by atoms with Gasteiger partial charge in [-0.3, -0.25) is 14.5 Å². The largest absolute Gasteiger partial charge is 0.496 e. The molecule has 2 amide bonds. The molecule has 1 atom stereocenters. The zero-order chi connectivity index (χ0) is 23.4. The van der Waals surface area contributed by atoms with Crippen LogP contribution in [0, 0.1) is 6.92 Å². The average Bonchev–Trinajstić information content (AvgIpc) is 3.19. The van der Waals surface area contributed by atoms with Crippen LogP contribution in [-0.2, 0) is 11.3 Å². The molecule has 0 aliphatic carbocycles. The summed E-state index contributed by atoms with van der Waals surface area (Å²) in [6.07, 6.45) is 2.44. The van der Waals surface area contributed by atoms with Crippen LogP contribution in [0.1, 0.15) is 40.7 Å². The summed E-state index contributed by atoms with van der Waals surface area (Å²) in [5, 5.41) is 0.475. The summed E-state index contributed by atoms with van der Waals surface area (Å²) >= 11 is 6.14. The van der Waals surface area contributed by atoms with E-state index in [0.29, 0.717) is 35.8 Å². The van der Waals surface area contributed by atoms with E-state index in [4.69, 9.17) is 16.3 Å². The van der Waals surface area contributed by atoms with Crippen LogP contribution in [0.25, 0.3) is 0 Å². The molecule has 2 heterocycles. The maximum atomic E-state index is 13.5. The van der Waals surface area contributed by atoms with Crippen LogP contribution in [0.2, 0.25) is 5.02 Å². The van der Waals surface area contributed by atoms with Gasteiger partial charge in [0.25, 0.3) is 5.91 Å². The van der Waals surface area contributed by atoms with Gasteiger partial charge < -0.3 is 14.5 Å². The van der Waals surface area contributed by atoms with Gasteiger partial charge in [-0.05, 0) is 55.5 Å². The lowest BCUT2D eigenvalue weighted by Gasteiger charge is -2.30. The lowest BCUT2D eigenvalue weighted by atomic mass is 10.1. The number of amides is 2. The molecule has 7 heteroatoms. The first-order valence-electron chi connectivity index (χ1n) is 11.7. The number of ether oxygens (including phenoxy) is 1. The van der Waals surface area contributed by atoms with Crippen LogP contribution in [0.4, 0.5) is 0 Å². The van der Waals surface area contributed by atoms with Crippen LogP contribution in [0.15, 0.2) is 42.5 Å². The van der Waals surface area contributed by atoms with Crippen molar-refractivity contribution >= 4 is 23.4 Å². The van der Waals surface area contributed by atoms with E-state index in [1.807, 2.05) is 4.90 Å². The van der Waals surface area contributed by atoms with Gasteiger partial charge in [0.05, 0.1) is 12.7 Å². The number of methoxy groups -OCH3 is 1. The number of likely N-dealkylation sites (tertiary alicyclic amines) is 1. The Hall–Kier alpha value is -2.57. The molecule has 0 bridgehead atoms. The molecule has 2 saturated heterocycles. The van der Waals surface area contributed by atoms with Crippen molar-refractivity contribution in [1.29, 1.82) is 0 Å². The number of aryl methyl sites for hydroxylation is 1. The van der Waals surface area contributed by atoms with E-state index in [-0.39, 0.29) is 11.8 Å². The molecule has 2 fully saturated rings. The van der Waals surface area contributed by atoms with Gasteiger partial charge in [0, 0.05) is 44.3 Å². The summed E-state index contributed by atoms with van der Waals surface area (Å²) in [4.78, 5) is 32.9. The Kier molecular flexibility index (Phi) is 7.56. The molecular formula is C26H32ClN3O3. The third-order valence-electron chi connectivity index (χ3n) is 6.75. The van der Waals surface area contributed by atoms with Crippen molar-refractivity contribution in [1.82, 2.24) is 14.7 Å². The number of carbonyl (C=O) groups excluding carboxylic acids is 2. The highest BCUT2D eigenvalue weighted by atomic mass is 35.5. The second-order valence-electron chi connectivity index (χ2n) is 8.88. The van der Waals surface area contributed by atoms with Crippen molar-refractivity contribution in [3.05, 3.63) is 64.2 Å². The SMILES string of the molecule is COc1ccc(Cl)cc1C(=O)N1CCCC1C(=O)N1CCCN(Cc2ccccc2C)CC1. The van der Waals surface area contributed by atoms with Gasteiger partial charge in [-0.15, -0.1) is 0 Å². The second kappa shape index (κ2) is 10.6. The Morgan fingerprint density at radius 2 is 1.85 bits per heavy atom. The standard InChI is InChI=1S/C26H32ClN3O3/c1-19-7-3-4-8-20(19)18-28-12-6-13-29(16-15-28)26(32)23-9-5-14-30(23)25(31)22-17-21(27)10-11-24(22)33-2/h3-4,7-8,10-11,17,23H,5-6,9,12-16,18H2,1-2H3. The number of hydrogen-bond donors (Lipinski definition) is 0.